The van der Waals surface area contributed by atoms with Crippen LogP contribution in [0.3, 0.4) is 0 Å². The lowest BCUT2D eigenvalue weighted by Crippen LogP contribution is -2.38. The fraction of sp³-hybridized carbons (Fsp3) is 0.696. The van der Waals surface area contributed by atoms with Crippen molar-refractivity contribution in [2.24, 2.45) is 5.92 Å². The Morgan fingerprint density at radius 1 is 1.30 bits per heavy atom. The molecular weight excluding hydrogens is 404 g/mol. The quantitative estimate of drug-likeness (QED) is 0.365. The van der Waals surface area contributed by atoms with E-state index in [1.54, 1.807) is 4.31 Å². The van der Waals surface area contributed by atoms with Gasteiger partial charge >= 0.3 is 0 Å². The van der Waals surface area contributed by atoms with E-state index < -0.39 is 5.92 Å². The Labute approximate surface area is 183 Å². The van der Waals surface area contributed by atoms with Crippen LogP contribution in [0.15, 0.2) is 23.1 Å². The number of rotatable bonds is 8. The van der Waals surface area contributed by atoms with E-state index >= 15 is 0 Å². The minimum atomic E-state index is -2.59. The van der Waals surface area contributed by atoms with Gasteiger partial charge in [-0.15, -0.1) is 0 Å². The molecule has 0 N–H and O–H groups in total. The number of piperidine rings is 1. The van der Waals surface area contributed by atoms with Gasteiger partial charge in [0.2, 0.25) is 0 Å². The average Bonchev–Trinajstić information content (AvgIpc) is 2.99. The third kappa shape index (κ3) is 5.95. The molecule has 4 nitrogen and oxygen atoms in total. The minimum Gasteiger partial charge on any atom is -0.382 e. The molecule has 2 heterocycles. The van der Waals surface area contributed by atoms with Crippen LogP contribution in [0.4, 0.5) is 8.78 Å². The highest BCUT2D eigenvalue weighted by atomic mass is 32.2. The standard InChI is InChI=1S/C23H35F2N3OS/c1-6-29-13-10-17(2)15-28-20-9-8-18(14-19(20)26-21(28)22(3,4)5)30-27-12-7-11-23(24,25)16-27/h8-9,14,17H,6-7,10-13,15-16H2,1-5H3. The molecule has 0 saturated carbocycles. The van der Waals surface area contributed by atoms with Crippen LogP contribution in [-0.2, 0) is 16.7 Å². The van der Waals surface area contributed by atoms with E-state index in [0.29, 0.717) is 18.9 Å². The molecule has 3 rings (SSSR count). The molecule has 1 aromatic carbocycles. The molecule has 0 bridgehead atoms. The molecule has 1 unspecified atom stereocenters. The van der Waals surface area contributed by atoms with Gasteiger partial charge in [0.15, 0.2) is 0 Å². The van der Waals surface area contributed by atoms with Crippen molar-refractivity contribution < 1.29 is 13.5 Å². The largest absolute Gasteiger partial charge is 0.382 e. The van der Waals surface area contributed by atoms with Crippen molar-refractivity contribution in [3.63, 3.8) is 0 Å². The maximum atomic E-state index is 13.8. The fourth-order valence-corrected chi connectivity index (χ4v) is 4.98. The van der Waals surface area contributed by atoms with E-state index in [9.17, 15) is 8.78 Å². The van der Waals surface area contributed by atoms with Crippen LogP contribution in [0.1, 0.15) is 59.7 Å². The fourth-order valence-electron chi connectivity index (χ4n) is 3.91. The second-order valence-corrected chi connectivity index (χ2v) is 10.6. The average molecular weight is 440 g/mol. The summed E-state index contributed by atoms with van der Waals surface area (Å²) in [5.74, 6) is -1.05. The first-order valence-electron chi connectivity index (χ1n) is 11.0. The molecule has 1 saturated heterocycles. The lowest BCUT2D eigenvalue weighted by Gasteiger charge is -2.31. The zero-order chi connectivity index (χ0) is 21.9. The Kier molecular flexibility index (Phi) is 7.46. The van der Waals surface area contributed by atoms with Gasteiger partial charge in [-0.25, -0.2) is 18.1 Å². The number of benzene rings is 1. The van der Waals surface area contributed by atoms with E-state index in [4.69, 9.17) is 9.72 Å². The van der Waals surface area contributed by atoms with Crippen molar-refractivity contribution >= 4 is 23.0 Å². The number of alkyl halides is 2. The van der Waals surface area contributed by atoms with Crippen molar-refractivity contribution in [1.29, 1.82) is 0 Å². The van der Waals surface area contributed by atoms with Gasteiger partial charge in [-0.3, -0.25) is 0 Å². The van der Waals surface area contributed by atoms with E-state index in [1.807, 2.05) is 19.1 Å². The number of halogens is 2. The monoisotopic (exact) mass is 439 g/mol. The first-order chi connectivity index (χ1) is 14.1. The van der Waals surface area contributed by atoms with Crippen LogP contribution in [-0.4, -0.2) is 46.1 Å². The third-order valence-corrected chi connectivity index (χ3v) is 6.47. The molecule has 0 amide bonds. The SMILES string of the molecule is CCOCCC(C)Cn1c(C(C)(C)C)nc2cc(SN3CCCC(F)(F)C3)ccc21. The molecule has 0 aliphatic carbocycles. The lowest BCUT2D eigenvalue weighted by atomic mass is 9.95. The summed E-state index contributed by atoms with van der Waals surface area (Å²) in [5, 5.41) is 0. The minimum absolute atomic E-state index is 0.01000. The predicted molar refractivity (Wildman–Crippen MR) is 120 cm³/mol. The molecule has 168 valence electrons. The highest BCUT2D eigenvalue weighted by Gasteiger charge is 2.35. The highest BCUT2D eigenvalue weighted by molar-refractivity contribution is 7.97. The zero-order valence-corrected chi connectivity index (χ0v) is 19.7. The summed E-state index contributed by atoms with van der Waals surface area (Å²) >= 11 is 1.42. The molecule has 0 radical (unpaired) electrons. The molecule has 1 aliphatic rings. The number of ether oxygens (including phenoxy) is 1. The molecule has 2 aromatic rings. The molecule has 1 aliphatic heterocycles. The number of aromatic nitrogens is 2. The number of hydrogen-bond donors (Lipinski definition) is 0. The summed E-state index contributed by atoms with van der Waals surface area (Å²) in [6.45, 7) is 13.7. The number of hydrogen-bond acceptors (Lipinski definition) is 4. The Morgan fingerprint density at radius 2 is 2.07 bits per heavy atom. The summed E-state index contributed by atoms with van der Waals surface area (Å²) in [6.07, 6.45) is 1.53. The van der Waals surface area contributed by atoms with Crippen LogP contribution in [0.25, 0.3) is 11.0 Å². The second kappa shape index (κ2) is 9.53. The first kappa shape index (κ1) is 23.5. The Balaban J connectivity index is 1.83. The van der Waals surface area contributed by atoms with Gasteiger partial charge in [-0.05, 0) is 55.8 Å². The summed E-state index contributed by atoms with van der Waals surface area (Å²) in [5.41, 5.74) is 1.96. The number of fused-ring (bicyclic) bond motifs is 1. The normalized spacial score (nSPS) is 18.8. The maximum absolute atomic E-state index is 13.8. The second-order valence-electron chi connectivity index (χ2n) is 9.45. The summed E-state index contributed by atoms with van der Waals surface area (Å²) in [6, 6.07) is 6.18. The van der Waals surface area contributed by atoms with E-state index in [-0.39, 0.29) is 18.4 Å². The molecule has 1 atom stereocenters. The first-order valence-corrected chi connectivity index (χ1v) is 11.8. The summed E-state index contributed by atoms with van der Waals surface area (Å²) in [7, 11) is 0. The third-order valence-electron chi connectivity index (χ3n) is 5.44. The van der Waals surface area contributed by atoms with Crippen LogP contribution >= 0.6 is 11.9 Å². The molecule has 0 spiro atoms. The van der Waals surface area contributed by atoms with E-state index in [2.05, 4.69) is 38.3 Å². The van der Waals surface area contributed by atoms with Crippen molar-refractivity contribution in [1.82, 2.24) is 13.9 Å². The van der Waals surface area contributed by atoms with Crippen LogP contribution in [0.5, 0.6) is 0 Å². The van der Waals surface area contributed by atoms with Crippen molar-refractivity contribution in [2.75, 3.05) is 26.3 Å². The van der Waals surface area contributed by atoms with Crippen LogP contribution < -0.4 is 0 Å². The zero-order valence-electron chi connectivity index (χ0n) is 18.9. The van der Waals surface area contributed by atoms with E-state index in [0.717, 1.165) is 47.9 Å². The lowest BCUT2D eigenvalue weighted by molar-refractivity contribution is -0.0411. The van der Waals surface area contributed by atoms with Crippen molar-refractivity contribution in [2.45, 2.75) is 76.7 Å². The smallest absolute Gasteiger partial charge is 0.261 e. The van der Waals surface area contributed by atoms with Gasteiger partial charge in [0, 0.05) is 43.0 Å². The summed E-state index contributed by atoms with van der Waals surface area (Å²) in [4.78, 5) is 5.93. The molecular formula is C23H35F2N3OS. The molecule has 7 heteroatoms. The van der Waals surface area contributed by atoms with Gasteiger partial charge in [-0.1, -0.05) is 27.7 Å². The molecule has 30 heavy (non-hydrogen) atoms. The van der Waals surface area contributed by atoms with E-state index in [1.165, 1.54) is 11.9 Å². The van der Waals surface area contributed by atoms with Gasteiger partial charge in [-0.2, -0.15) is 0 Å². The van der Waals surface area contributed by atoms with Crippen molar-refractivity contribution in [3.8, 4) is 0 Å². The van der Waals surface area contributed by atoms with Gasteiger partial charge in [0.1, 0.15) is 5.82 Å². The van der Waals surface area contributed by atoms with Crippen LogP contribution in [0, 0.1) is 5.92 Å². The number of imidazole rings is 1. The number of nitrogens with zero attached hydrogens (tertiary/aromatic N) is 3. The maximum Gasteiger partial charge on any atom is 0.261 e. The Hall–Kier alpha value is -1.18. The predicted octanol–water partition coefficient (Wildman–Crippen LogP) is 6.13. The summed E-state index contributed by atoms with van der Waals surface area (Å²) < 4.78 is 37.1. The Morgan fingerprint density at radius 3 is 2.73 bits per heavy atom. The van der Waals surface area contributed by atoms with Crippen molar-refractivity contribution in [3.05, 3.63) is 24.0 Å². The highest BCUT2D eigenvalue weighted by Crippen LogP contribution is 2.35. The van der Waals surface area contributed by atoms with Crippen LogP contribution in [0.2, 0.25) is 0 Å². The van der Waals surface area contributed by atoms with Gasteiger partial charge < -0.3 is 9.30 Å². The molecule has 1 aromatic heterocycles. The molecule has 1 fully saturated rings. The van der Waals surface area contributed by atoms with Gasteiger partial charge in [0.05, 0.1) is 17.6 Å². The van der Waals surface area contributed by atoms with Gasteiger partial charge in [0.25, 0.3) is 5.92 Å². The Bertz CT molecular complexity index is 847. The topological polar surface area (TPSA) is 30.3 Å².